The summed E-state index contributed by atoms with van der Waals surface area (Å²) >= 11 is 0. The minimum Gasteiger partial charge on any atom is -0.452 e. The lowest BCUT2D eigenvalue weighted by atomic mass is 10.0. The fourth-order valence-electron chi connectivity index (χ4n) is 2.70. The first-order chi connectivity index (χ1) is 13.8. The molecule has 29 heavy (non-hydrogen) atoms. The molecule has 2 rings (SSSR count). The summed E-state index contributed by atoms with van der Waals surface area (Å²) < 4.78 is 43.0. The van der Waals surface area contributed by atoms with Crippen molar-refractivity contribution in [2.24, 2.45) is 0 Å². The average Bonchev–Trinajstić information content (AvgIpc) is 2.70. The number of amides is 1. The van der Waals surface area contributed by atoms with Gasteiger partial charge in [0.25, 0.3) is 5.91 Å². The predicted octanol–water partition coefficient (Wildman–Crippen LogP) is 4.92. The van der Waals surface area contributed by atoms with Crippen molar-refractivity contribution in [3.05, 3.63) is 77.4 Å². The number of hydrogen-bond donors (Lipinski definition) is 1. The quantitative estimate of drug-likeness (QED) is 0.501. The first kappa shape index (κ1) is 22.2. The third-order valence-corrected chi connectivity index (χ3v) is 4.09. The summed E-state index contributed by atoms with van der Waals surface area (Å²) in [6.45, 7) is 1.53. The Morgan fingerprint density at radius 1 is 1.10 bits per heavy atom. The van der Waals surface area contributed by atoms with Crippen molar-refractivity contribution in [2.75, 3.05) is 6.61 Å². The number of benzene rings is 2. The summed E-state index contributed by atoms with van der Waals surface area (Å²) in [5.41, 5.74) is 0.349. The molecule has 0 radical (unpaired) electrons. The fraction of sp³-hybridized carbons (Fsp3) is 0.273. The van der Waals surface area contributed by atoms with Crippen LogP contribution in [0.4, 0.5) is 13.2 Å². The molecule has 0 bridgehead atoms. The molecule has 0 aliphatic carbocycles. The third-order valence-electron chi connectivity index (χ3n) is 4.09. The highest BCUT2D eigenvalue weighted by atomic mass is 19.4. The first-order valence-electron chi connectivity index (χ1n) is 9.16. The Labute approximate surface area is 167 Å². The molecule has 0 heterocycles. The maximum absolute atomic E-state index is 12.7. The number of carbonyl (C=O) groups excluding carboxylic acids is 2. The molecule has 154 valence electrons. The molecule has 0 aromatic heterocycles. The van der Waals surface area contributed by atoms with Gasteiger partial charge in [0.15, 0.2) is 6.61 Å². The number of ether oxygens (including phenoxy) is 1. The molecule has 0 aliphatic heterocycles. The lowest BCUT2D eigenvalue weighted by Crippen LogP contribution is -2.32. The van der Waals surface area contributed by atoms with Crippen LogP contribution >= 0.6 is 0 Å². The van der Waals surface area contributed by atoms with E-state index in [-0.39, 0.29) is 11.6 Å². The van der Waals surface area contributed by atoms with Crippen LogP contribution in [0.1, 0.15) is 42.5 Å². The molecule has 0 fully saturated rings. The number of rotatable bonds is 8. The van der Waals surface area contributed by atoms with E-state index in [1.807, 2.05) is 37.3 Å². The van der Waals surface area contributed by atoms with Gasteiger partial charge in [0.2, 0.25) is 0 Å². The molecule has 0 unspecified atom stereocenters. The summed E-state index contributed by atoms with van der Waals surface area (Å²) in [6.07, 6.45) is -0.669. The van der Waals surface area contributed by atoms with E-state index in [1.54, 1.807) is 0 Å². The van der Waals surface area contributed by atoms with Crippen LogP contribution in [-0.4, -0.2) is 18.5 Å². The second-order valence-corrected chi connectivity index (χ2v) is 6.38. The summed E-state index contributed by atoms with van der Waals surface area (Å²) in [5, 5.41) is 2.82. The van der Waals surface area contributed by atoms with Crippen LogP contribution in [0.2, 0.25) is 0 Å². The van der Waals surface area contributed by atoms with Gasteiger partial charge in [-0.1, -0.05) is 55.8 Å². The van der Waals surface area contributed by atoms with Crippen LogP contribution in [0.25, 0.3) is 6.08 Å². The second kappa shape index (κ2) is 10.5. The molecule has 0 spiro atoms. The highest BCUT2D eigenvalue weighted by Crippen LogP contribution is 2.29. The Morgan fingerprint density at radius 3 is 2.48 bits per heavy atom. The first-order valence-corrected chi connectivity index (χ1v) is 9.16. The predicted molar refractivity (Wildman–Crippen MR) is 104 cm³/mol. The summed E-state index contributed by atoms with van der Waals surface area (Å²) in [4.78, 5) is 23.9. The Morgan fingerprint density at radius 2 is 1.83 bits per heavy atom. The summed E-state index contributed by atoms with van der Waals surface area (Å²) in [5.74, 6) is -1.27. The van der Waals surface area contributed by atoms with Crippen molar-refractivity contribution >= 4 is 18.0 Å². The molecule has 0 saturated carbocycles. The van der Waals surface area contributed by atoms with E-state index in [4.69, 9.17) is 4.74 Å². The number of halogens is 3. The molecule has 7 heteroatoms. The topological polar surface area (TPSA) is 55.4 Å². The van der Waals surface area contributed by atoms with Gasteiger partial charge < -0.3 is 10.1 Å². The van der Waals surface area contributed by atoms with Crippen molar-refractivity contribution in [1.82, 2.24) is 5.32 Å². The SMILES string of the molecule is CCC[C@H](NC(=O)COC(=O)/C=C/c1cccc(C(F)(F)F)c1)c1ccccc1. The highest BCUT2D eigenvalue weighted by molar-refractivity contribution is 5.89. The molecule has 4 nitrogen and oxygen atoms in total. The molecule has 0 saturated heterocycles. The van der Waals surface area contributed by atoms with Crippen molar-refractivity contribution in [3.63, 3.8) is 0 Å². The second-order valence-electron chi connectivity index (χ2n) is 6.38. The standard InChI is InChI=1S/C22H22F3NO3/c1-2-7-19(17-9-4-3-5-10-17)26-20(27)15-29-21(28)13-12-16-8-6-11-18(14-16)22(23,24)25/h3-6,8-14,19H,2,7,15H2,1H3,(H,26,27)/b13-12+/t19-/m0/s1. The van der Waals surface area contributed by atoms with Crippen LogP contribution in [-0.2, 0) is 20.5 Å². The smallest absolute Gasteiger partial charge is 0.416 e. The van der Waals surface area contributed by atoms with Gasteiger partial charge in [-0.05, 0) is 35.8 Å². The maximum Gasteiger partial charge on any atom is 0.416 e. The zero-order valence-electron chi connectivity index (χ0n) is 15.9. The van der Waals surface area contributed by atoms with Crippen LogP contribution in [0.3, 0.4) is 0 Å². The van der Waals surface area contributed by atoms with E-state index in [0.717, 1.165) is 36.6 Å². The Balaban J connectivity index is 1.88. The van der Waals surface area contributed by atoms with E-state index in [0.29, 0.717) is 0 Å². The summed E-state index contributed by atoms with van der Waals surface area (Å²) in [6, 6.07) is 13.8. The number of alkyl halides is 3. The summed E-state index contributed by atoms with van der Waals surface area (Å²) in [7, 11) is 0. The van der Waals surface area contributed by atoms with Gasteiger partial charge in [-0.2, -0.15) is 13.2 Å². The molecule has 1 amide bonds. The zero-order valence-corrected chi connectivity index (χ0v) is 15.9. The lowest BCUT2D eigenvalue weighted by molar-refractivity contribution is -0.144. The molecule has 2 aromatic carbocycles. The van der Waals surface area contributed by atoms with E-state index in [2.05, 4.69) is 5.32 Å². The average molecular weight is 405 g/mol. The van der Waals surface area contributed by atoms with Crippen LogP contribution in [0, 0.1) is 0 Å². The third kappa shape index (κ3) is 7.44. The number of nitrogens with one attached hydrogen (secondary N) is 1. The fourth-order valence-corrected chi connectivity index (χ4v) is 2.70. The Hall–Kier alpha value is -3.09. The highest BCUT2D eigenvalue weighted by Gasteiger charge is 2.30. The van der Waals surface area contributed by atoms with Crippen molar-refractivity contribution in [2.45, 2.75) is 32.0 Å². The monoisotopic (exact) mass is 405 g/mol. The zero-order chi connectivity index (χ0) is 21.3. The van der Waals surface area contributed by atoms with Gasteiger partial charge in [-0.3, -0.25) is 4.79 Å². The van der Waals surface area contributed by atoms with Gasteiger partial charge in [0.1, 0.15) is 0 Å². The number of esters is 1. The van der Waals surface area contributed by atoms with Gasteiger partial charge in [0, 0.05) is 6.08 Å². The van der Waals surface area contributed by atoms with Crippen molar-refractivity contribution < 1.29 is 27.5 Å². The van der Waals surface area contributed by atoms with E-state index >= 15 is 0 Å². The van der Waals surface area contributed by atoms with Gasteiger partial charge in [-0.15, -0.1) is 0 Å². The van der Waals surface area contributed by atoms with Crippen LogP contribution in [0.5, 0.6) is 0 Å². The van der Waals surface area contributed by atoms with Gasteiger partial charge in [-0.25, -0.2) is 4.79 Å². The van der Waals surface area contributed by atoms with E-state index < -0.39 is 30.2 Å². The van der Waals surface area contributed by atoms with Gasteiger partial charge >= 0.3 is 12.1 Å². The Bertz CT molecular complexity index is 848. The number of hydrogen-bond acceptors (Lipinski definition) is 3. The molecular formula is C22H22F3NO3. The molecular weight excluding hydrogens is 383 g/mol. The molecule has 2 aromatic rings. The van der Waals surface area contributed by atoms with E-state index in [1.165, 1.54) is 18.2 Å². The molecule has 0 aliphatic rings. The van der Waals surface area contributed by atoms with Crippen LogP contribution < -0.4 is 5.32 Å². The maximum atomic E-state index is 12.7. The van der Waals surface area contributed by atoms with Crippen molar-refractivity contribution in [1.29, 1.82) is 0 Å². The minimum absolute atomic E-state index is 0.187. The normalized spacial score (nSPS) is 12.6. The molecule has 1 atom stereocenters. The number of carbonyl (C=O) groups is 2. The molecule has 1 N–H and O–H groups in total. The van der Waals surface area contributed by atoms with E-state index in [9.17, 15) is 22.8 Å². The van der Waals surface area contributed by atoms with Crippen LogP contribution in [0.15, 0.2) is 60.7 Å². The lowest BCUT2D eigenvalue weighted by Gasteiger charge is -2.18. The minimum atomic E-state index is -4.46. The van der Waals surface area contributed by atoms with Crippen molar-refractivity contribution in [3.8, 4) is 0 Å². The van der Waals surface area contributed by atoms with Gasteiger partial charge in [0.05, 0.1) is 11.6 Å². The Kier molecular flexibility index (Phi) is 8.00. The largest absolute Gasteiger partial charge is 0.452 e.